The maximum atomic E-state index is 9.22. The van der Waals surface area contributed by atoms with Gasteiger partial charge >= 0.3 is 0 Å². The summed E-state index contributed by atoms with van der Waals surface area (Å²) in [4.78, 5) is 0. The number of hydrogen-bond acceptors (Lipinski definition) is 4. The Hall–Kier alpha value is -0.950. The lowest BCUT2D eigenvalue weighted by molar-refractivity contribution is -0.921. The smallest absolute Gasteiger partial charge is 0.217 e. The fourth-order valence-corrected chi connectivity index (χ4v) is 3.80. The highest BCUT2D eigenvalue weighted by atomic mass is 32.3. The van der Waals surface area contributed by atoms with Gasteiger partial charge in [0, 0.05) is 0 Å². The third-order valence-corrected chi connectivity index (χ3v) is 6.96. The summed E-state index contributed by atoms with van der Waals surface area (Å²) in [7, 11) is -3.60. The molecule has 6 heteroatoms. The highest BCUT2D eigenvalue weighted by Crippen LogP contribution is 2.12. The average molecular weight is 488 g/mol. The van der Waals surface area contributed by atoms with E-state index in [1.54, 1.807) is 0 Å². The Morgan fingerprint density at radius 1 is 0.697 bits per heavy atom. The van der Waals surface area contributed by atoms with Crippen LogP contribution in [0, 0.1) is 0 Å². The van der Waals surface area contributed by atoms with Gasteiger partial charge in [0.2, 0.25) is 10.4 Å². The molecule has 33 heavy (non-hydrogen) atoms. The van der Waals surface area contributed by atoms with Crippen molar-refractivity contribution in [2.24, 2.45) is 0 Å². The van der Waals surface area contributed by atoms with Crippen molar-refractivity contribution in [1.82, 2.24) is 0 Å². The van der Waals surface area contributed by atoms with Crippen molar-refractivity contribution >= 4 is 10.4 Å². The minimum atomic E-state index is -4.41. The van der Waals surface area contributed by atoms with Crippen LogP contribution in [0.25, 0.3) is 0 Å². The summed E-state index contributed by atoms with van der Waals surface area (Å²) in [5.74, 6) is 0. The average Bonchev–Trinajstić information content (AvgIpc) is 2.83. The molecule has 0 unspecified atom stereocenters. The summed E-state index contributed by atoms with van der Waals surface area (Å²) in [5, 5.41) is 0. The fraction of sp³-hybridized carbons (Fsp3) is 0.778. The highest BCUT2D eigenvalue weighted by molar-refractivity contribution is 7.80. The molecule has 1 rings (SSSR count). The maximum absolute atomic E-state index is 9.22. The Morgan fingerprint density at radius 3 is 1.36 bits per heavy atom. The van der Waals surface area contributed by atoms with Gasteiger partial charge in [-0.25, -0.2) is 8.42 Å². The van der Waals surface area contributed by atoms with Crippen molar-refractivity contribution < 1.29 is 21.6 Å². The molecule has 0 saturated heterocycles. The van der Waals surface area contributed by atoms with Gasteiger partial charge in [0.1, 0.15) is 0 Å². The van der Waals surface area contributed by atoms with E-state index >= 15 is 0 Å². The summed E-state index contributed by atoms with van der Waals surface area (Å²) < 4.78 is 32.3. The second kappa shape index (κ2) is 22.8. The molecule has 0 fully saturated rings. The van der Waals surface area contributed by atoms with E-state index in [-0.39, 0.29) is 0 Å². The molecule has 1 aromatic carbocycles. The van der Waals surface area contributed by atoms with E-state index < -0.39 is 10.4 Å². The second-order valence-corrected chi connectivity index (χ2v) is 9.75. The molecule has 0 aromatic heterocycles. The zero-order valence-corrected chi connectivity index (χ0v) is 23.3. The zero-order valence-electron chi connectivity index (χ0n) is 22.5. The Labute approximate surface area is 206 Å². The lowest BCUT2D eigenvalue weighted by Crippen LogP contribution is -2.47. The van der Waals surface area contributed by atoms with Crippen molar-refractivity contribution in [3.05, 3.63) is 35.9 Å². The SMILES string of the molecule is CCCCCCCCCCCCc1ccccc1.CC[N+](CC)(CC)CC.COS(=O)(=O)[O-]. The van der Waals surface area contributed by atoms with E-state index in [4.69, 9.17) is 0 Å². The summed E-state index contributed by atoms with van der Waals surface area (Å²) in [6.07, 6.45) is 15.5. The van der Waals surface area contributed by atoms with Gasteiger partial charge < -0.3 is 9.04 Å². The highest BCUT2D eigenvalue weighted by Gasteiger charge is 2.16. The standard InChI is InChI=1S/C18H30.C8H20N.CH4O4S/c1-2-3-4-5-6-7-8-9-10-12-15-18-16-13-11-14-17-18;1-5-9(6-2,7-3)8-4;1-5-6(2,3)4/h11,13-14,16-17H,2-10,12,15H2,1H3;5-8H2,1-4H3;1H3,(H,2,3,4)/q;+1;/p-1. The normalized spacial score (nSPS) is 11.2. The summed E-state index contributed by atoms with van der Waals surface area (Å²) >= 11 is 0. The Morgan fingerprint density at radius 2 is 1.06 bits per heavy atom. The van der Waals surface area contributed by atoms with Crippen LogP contribution in [0.2, 0.25) is 0 Å². The van der Waals surface area contributed by atoms with Crippen LogP contribution in [0.5, 0.6) is 0 Å². The van der Waals surface area contributed by atoms with E-state index in [1.807, 2.05) is 0 Å². The molecule has 0 spiro atoms. The van der Waals surface area contributed by atoms with Gasteiger partial charge in [-0.2, -0.15) is 0 Å². The van der Waals surface area contributed by atoms with Crippen LogP contribution in [0.4, 0.5) is 0 Å². The molecule has 0 atom stereocenters. The van der Waals surface area contributed by atoms with E-state index in [0.717, 1.165) is 7.11 Å². The van der Waals surface area contributed by atoms with Gasteiger partial charge in [0.25, 0.3) is 0 Å². The quantitative estimate of drug-likeness (QED) is 0.108. The lowest BCUT2D eigenvalue weighted by atomic mass is 10.0. The molecule has 0 bridgehead atoms. The van der Waals surface area contributed by atoms with Crippen molar-refractivity contribution in [1.29, 1.82) is 0 Å². The predicted molar refractivity (Wildman–Crippen MR) is 141 cm³/mol. The number of nitrogens with zero attached hydrogens (tertiary/aromatic N) is 1. The number of hydrogen-bond donors (Lipinski definition) is 0. The molecule has 0 saturated carbocycles. The van der Waals surface area contributed by atoms with Gasteiger partial charge in [-0.3, -0.25) is 4.18 Å². The van der Waals surface area contributed by atoms with Gasteiger partial charge in [-0.1, -0.05) is 95.0 Å². The molecule has 5 nitrogen and oxygen atoms in total. The summed E-state index contributed by atoms with van der Waals surface area (Å²) in [6, 6.07) is 10.9. The zero-order chi connectivity index (χ0) is 25.4. The maximum Gasteiger partial charge on any atom is 0.217 e. The molecular formula is C27H53NO4S. The molecule has 196 valence electrons. The van der Waals surface area contributed by atoms with E-state index in [0.29, 0.717) is 0 Å². The number of rotatable bonds is 16. The van der Waals surface area contributed by atoms with Crippen molar-refractivity contribution in [2.45, 2.75) is 105 Å². The molecule has 1 aromatic rings. The number of quaternary nitrogens is 1. The first kappa shape index (κ1) is 34.2. The van der Waals surface area contributed by atoms with Crippen LogP contribution in [0.15, 0.2) is 30.3 Å². The van der Waals surface area contributed by atoms with E-state index in [2.05, 4.69) is 69.1 Å². The number of benzene rings is 1. The first-order valence-corrected chi connectivity index (χ1v) is 14.5. The van der Waals surface area contributed by atoms with Gasteiger partial charge in [-0.15, -0.1) is 0 Å². The third kappa shape index (κ3) is 22.6. The fourth-order valence-electron chi connectivity index (χ4n) is 3.80. The summed E-state index contributed by atoms with van der Waals surface area (Å²) in [5.41, 5.74) is 1.50. The molecule has 0 aliphatic heterocycles. The van der Waals surface area contributed by atoms with Crippen molar-refractivity contribution in [3.63, 3.8) is 0 Å². The summed E-state index contributed by atoms with van der Waals surface area (Å²) in [6.45, 7) is 16.5. The first-order chi connectivity index (χ1) is 15.7. The largest absolute Gasteiger partial charge is 0.726 e. The molecule has 0 aliphatic rings. The van der Waals surface area contributed by atoms with Gasteiger partial charge in [-0.05, 0) is 46.1 Å². The molecular weight excluding hydrogens is 434 g/mol. The topological polar surface area (TPSA) is 66.4 Å². The van der Waals surface area contributed by atoms with Crippen LogP contribution in [-0.4, -0.2) is 50.7 Å². The predicted octanol–water partition coefficient (Wildman–Crippen LogP) is 7.13. The third-order valence-electron chi connectivity index (χ3n) is 6.55. The van der Waals surface area contributed by atoms with Crippen LogP contribution in [0.3, 0.4) is 0 Å². The van der Waals surface area contributed by atoms with Crippen molar-refractivity contribution in [3.8, 4) is 0 Å². The minimum absolute atomic E-state index is 0.808. The Balaban J connectivity index is 0. The molecule has 0 N–H and O–H groups in total. The first-order valence-electron chi connectivity index (χ1n) is 13.1. The molecule has 0 amide bonds. The van der Waals surface area contributed by atoms with E-state index in [9.17, 15) is 13.0 Å². The van der Waals surface area contributed by atoms with Crippen LogP contribution >= 0.6 is 0 Å². The number of aryl methyl sites for hydroxylation is 1. The van der Waals surface area contributed by atoms with Gasteiger partial charge in [0.15, 0.2) is 0 Å². The molecule has 0 radical (unpaired) electrons. The van der Waals surface area contributed by atoms with Crippen LogP contribution in [-0.2, 0) is 21.0 Å². The monoisotopic (exact) mass is 487 g/mol. The number of unbranched alkanes of at least 4 members (excludes halogenated alkanes) is 9. The molecule has 0 aliphatic carbocycles. The molecule has 0 heterocycles. The lowest BCUT2D eigenvalue weighted by Gasteiger charge is -2.34. The van der Waals surface area contributed by atoms with Crippen LogP contribution in [0.1, 0.15) is 104 Å². The van der Waals surface area contributed by atoms with Crippen molar-refractivity contribution in [2.75, 3.05) is 33.3 Å². The van der Waals surface area contributed by atoms with Gasteiger partial charge in [0.05, 0.1) is 33.3 Å². The Kier molecular flexibility index (Phi) is 23.7. The second-order valence-electron chi connectivity index (χ2n) is 8.60. The Bertz CT molecular complexity index is 599. The minimum Gasteiger partial charge on any atom is -0.726 e. The van der Waals surface area contributed by atoms with E-state index in [1.165, 1.54) is 107 Å². The van der Waals surface area contributed by atoms with Crippen LogP contribution < -0.4 is 0 Å².